The summed E-state index contributed by atoms with van der Waals surface area (Å²) in [6, 6.07) is 1.08. The van der Waals surface area contributed by atoms with Gasteiger partial charge < -0.3 is 40.4 Å². The van der Waals surface area contributed by atoms with E-state index in [4.69, 9.17) is 20.2 Å². The van der Waals surface area contributed by atoms with Gasteiger partial charge in [0.05, 0.1) is 28.9 Å². The van der Waals surface area contributed by atoms with Gasteiger partial charge in [0.25, 0.3) is 0 Å². The number of alkyl carbamates (subject to hydrolysis) is 1. The number of carboxylic acids is 1. The minimum Gasteiger partial charge on any atom is -0.480 e. The number of imidazole rings is 1. The number of hydrogen-bond acceptors (Lipinski definition) is 10. The number of hydrogen-bond donors (Lipinski definition) is 4. The molecule has 3 aromatic heterocycles. The molecule has 272 valence electrons. The molecule has 4 rings (SSSR count). The van der Waals surface area contributed by atoms with Crippen molar-refractivity contribution in [1.29, 1.82) is 0 Å². The standard InChI is InChI=1S/C35H55N7O6S/c1-6-7-11-27-40-29-30(31-26(38-32(29)36)21-23(2)49-31)42(27)22-24-12-16-41(17-13-24)18-20-47-19-14-28(43)37-15-9-8-10-25(33(44)45)39-34(46)48-35(3,4)5/h21,24-25H,6-20,22H2,1-5H3,(H2,36,38)(H,37,43)(H,39,46)(H,44,45)/t25-/m0/s1. The highest BCUT2D eigenvalue weighted by Crippen LogP contribution is 2.35. The molecule has 3 aromatic rings. The molecule has 0 bridgehead atoms. The Hall–Kier alpha value is -3.49. The van der Waals surface area contributed by atoms with E-state index in [1.807, 2.05) is 0 Å². The molecule has 14 heteroatoms. The number of aryl methyl sites for hydroxylation is 2. The molecule has 0 radical (unpaired) electrons. The number of carboxylic acid groups (broad SMARTS) is 1. The SMILES string of the molecule is CCCCc1nc2c(N)nc3cc(C)sc3c2n1CC1CCN(CCOCCC(=O)NCCCC[C@H](NC(=O)OC(C)(C)C)C(=O)O)CC1. The molecule has 0 unspecified atom stereocenters. The van der Waals surface area contributed by atoms with Crippen molar-refractivity contribution >= 4 is 56.4 Å². The largest absolute Gasteiger partial charge is 0.480 e. The van der Waals surface area contributed by atoms with Crippen LogP contribution in [-0.2, 0) is 32.0 Å². The van der Waals surface area contributed by atoms with Gasteiger partial charge in [-0.15, -0.1) is 11.3 Å². The number of unbranched alkanes of at least 4 members (excludes halogenated alkanes) is 2. The lowest BCUT2D eigenvalue weighted by atomic mass is 9.96. The van der Waals surface area contributed by atoms with Gasteiger partial charge in [0.15, 0.2) is 5.82 Å². The zero-order valence-corrected chi connectivity index (χ0v) is 30.6. The Morgan fingerprint density at radius 3 is 2.59 bits per heavy atom. The normalized spacial score (nSPS) is 15.1. The number of aliphatic carboxylic acids is 1. The zero-order valence-electron chi connectivity index (χ0n) is 29.8. The van der Waals surface area contributed by atoms with Crippen molar-refractivity contribution in [2.24, 2.45) is 5.92 Å². The van der Waals surface area contributed by atoms with Crippen LogP contribution in [0, 0.1) is 12.8 Å². The van der Waals surface area contributed by atoms with E-state index in [2.05, 4.69) is 45.0 Å². The number of aromatic nitrogens is 3. The first kappa shape index (κ1) is 38.3. The van der Waals surface area contributed by atoms with Crippen LogP contribution in [0.15, 0.2) is 6.07 Å². The van der Waals surface area contributed by atoms with E-state index >= 15 is 0 Å². The topological polar surface area (TPSA) is 174 Å². The Kier molecular flexibility index (Phi) is 14.0. The average molecular weight is 702 g/mol. The van der Waals surface area contributed by atoms with Gasteiger partial charge >= 0.3 is 12.1 Å². The van der Waals surface area contributed by atoms with E-state index in [0.29, 0.717) is 44.3 Å². The summed E-state index contributed by atoms with van der Waals surface area (Å²) >= 11 is 1.77. The second-order valence-electron chi connectivity index (χ2n) is 14.0. The summed E-state index contributed by atoms with van der Waals surface area (Å²) < 4.78 is 14.5. The van der Waals surface area contributed by atoms with Crippen LogP contribution in [0.25, 0.3) is 21.3 Å². The average Bonchev–Trinajstić information content (AvgIpc) is 3.58. The maximum Gasteiger partial charge on any atom is 0.408 e. The summed E-state index contributed by atoms with van der Waals surface area (Å²) in [6.45, 7) is 14.6. The summed E-state index contributed by atoms with van der Waals surface area (Å²) in [5, 5.41) is 14.6. The molecular formula is C35H55N7O6S. The van der Waals surface area contributed by atoms with Crippen LogP contribution in [0.4, 0.5) is 10.6 Å². The van der Waals surface area contributed by atoms with Crippen molar-refractivity contribution in [3.05, 3.63) is 16.8 Å². The number of likely N-dealkylation sites (tertiary alicyclic amines) is 1. The van der Waals surface area contributed by atoms with E-state index in [1.165, 1.54) is 9.58 Å². The van der Waals surface area contributed by atoms with Gasteiger partial charge in [-0.25, -0.2) is 19.6 Å². The molecule has 1 aliphatic rings. The number of ether oxygens (including phenoxy) is 2. The van der Waals surface area contributed by atoms with E-state index in [9.17, 15) is 19.5 Å². The Bertz CT molecular complexity index is 1560. The van der Waals surface area contributed by atoms with Crippen LogP contribution in [0.5, 0.6) is 0 Å². The number of nitrogens with two attached hydrogens (primary N) is 1. The third-order valence-corrected chi connectivity index (χ3v) is 9.79. The number of carbonyl (C=O) groups excluding carboxylic acids is 2. The van der Waals surface area contributed by atoms with E-state index in [0.717, 1.165) is 80.7 Å². The van der Waals surface area contributed by atoms with E-state index in [-0.39, 0.29) is 18.7 Å². The number of carbonyl (C=O) groups is 3. The number of nitrogen functional groups attached to an aromatic ring is 1. The minimum atomic E-state index is -1.12. The molecule has 49 heavy (non-hydrogen) atoms. The number of nitrogens with one attached hydrogen (secondary N) is 2. The van der Waals surface area contributed by atoms with Crippen LogP contribution < -0.4 is 16.4 Å². The molecule has 1 saturated heterocycles. The molecule has 0 spiro atoms. The van der Waals surface area contributed by atoms with Gasteiger partial charge in [0, 0.05) is 37.4 Å². The molecule has 13 nitrogen and oxygen atoms in total. The van der Waals surface area contributed by atoms with Gasteiger partial charge in [0.2, 0.25) is 5.91 Å². The molecule has 0 saturated carbocycles. The van der Waals surface area contributed by atoms with Crippen LogP contribution in [-0.4, -0.2) is 93.5 Å². The van der Waals surface area contributed by atoms with Crippen LogP contribution in [0.2, 0.25) is 0 Å². The lowest BCUT2D eigenvalue weighted by Crippen LogP contribution is -2.43. The van der Waals surface area contributed by atoms with Crippen molar-refractivity contribution < 1.29 is 29.0 Å². The number of piperidine rings is 1. The highest BCUT2D eigenvalue weighted by Gasteiger charge is 2.25. The number of amides is 2. The summed E-state index contributed by atoms with van der Waals surface area (Å²) in [5.41, 5.74) is 8.63. The lowest BCUT2D eigenvalue weighted by molar-refractivity contribution is -0.139. The number of nitrogens with zero attached hydrogens (tertiary/aromatic N) is 4. The number of pyridine rings is 1. The minimum absolute atomic E-state index is 0.0969. The summed E-state index contributed by atoms with van der Waals surface area (Å²) in [5.74, 6) is 0.972. The predicted octanol–water partition coefficient (Wildman–Crippen LogP) is 5.26. The number of anilines is 1. The Labute approximate surface area is 293 Å². The van der Waals surface area contributed by atoms with Gasteiger partial charge in [-0.2, -0.15) is 0 Å². The van der Waals surface area contributed by atoms with Crippen molar-refractivity contribution in [3.63, 3.8) is 0 Å². The number of rotatable bonds is 18. The van der Waals surface area contributed by atoms with E-state index < -0.39 is 23.7 Å². The van der Waals surface area contributed by atoms with Crippen molar-refractivity contribution in [2.75, 3.05) is 45.1 Å². The fraction of sp³-hybridized carbons (Fsp3) is 0.686. The number of fused-ring (bicyclic) bond motifs is 3. The quantitative estimate of drug-likeness (QED) is 0.128. The van der Waals surface area contributed by atoms with Crippen molar-refractivity contribution in [1.82, 2.24) is 30.1 Å². The van der Waals surface area contributed by atoms with Gasteiger partial charge in [-0.1, -0.05) is 13.3 Å². The van der Waals surface area contributed by atoms with Crippen LogP contribution >= 0.6 is 11.3 Å². The van der Waals surface area contributed by atoms with Gasteiger partial charge in [-0.05, 0) is 91.3 Å². The van der Waals surface area contributed by atoms with E-state index in [1.54, 1.807) is 32.1 Å². The molecule has 2 amide bonds. The maximum absolute atomic E-state index is 12.2. The first-order chi connectivity index (χ1) is 23.3. The van der Waals surface area contributed by atoms with Crippen molar-refractivity contribution in [3.8, 4) is 0 Å². The molecule has 1 atom stereocenters. The lowest BCUT2D eigenvalue weighted by Gasteiger charge is -2.32. The highest BCUT2D eigenvalue weighted by molar-refractivity contribution is 7.19. The Balaban J connectivity index is 1.12. The predicted molar refractivity (Wildman–Crippen MR) is 193 cm³/mol. The number of thiophene rings is 1. The highest BCUT2D eigenvalue weighted by atomic mass is 32.1. The Morgan fingerprint density at radius 2 is 1.90 bits per heavy atom. The summed E-state index contributed by atoms with van der Waals surface area (Å²) in [7, 11) is 0. The third-order valence-electron chi connectivity index (χ3n) is 8.74. The summed E-state index contributed by atoms with van der Waals surface area (Å²) in [6.07, 6.45) is 6.25. The molecule has 4 heterocycles. The van der Waals surface area contributed by atoms with Gasteiger partial charge in [0.1, 0.15) is 23.0 Å². The van der Waals surface area contributed by atoms with Crippen LogP contribution in [0.1, 0.15) is 89.8 Å². The molecule has 1 aliphatic heterocycles. The maximum atomic E-state index is 12.2. The zero-order chi connectivity index (χ0) is 35.6. The first-order valence-corrected chi connectivity index (χ1v) is 18.5. The third kappa shape index (κ3) is 11.5. The monoisotopic (exact) mass is 701 g/mol. The Morgan fingerprint density at radius 1 is 1.14 bits per heavy atom. The van der Waals surface area contributed by atoms with Crippen molar-refractivity contribution in [2.45, 2.75) is 111 Å². The van der Waals surface area contributed by atoms with Crippen LogP contribution in [0.3, 0.4) is 0 Å². The fourth-order valence-electron chi connectivity index (χ4n) is 6.17. The molecule has 1 fully saturated rings. The second kappa shape index (κ2) is 18.0. The summed E-state index contributed by atoms with van der Waals surface area (Å²) in [4.78, 5) is 48.9. The molecule has 0 aromatic carbocycles. The molecule has 0 aliphatic carbocycles. The smallest absolute Gasteiger partial charge is 0.408 e. The van der Waals surface area contributed by atoms with Gasteiger partial charge in [-0.3, -0.25) is 4.79 Å². The molecule has 5 N–H and O–H groups in total. The second-order valence-corrected chi connectivity index (χ2v) is 15.3. The first-order valence-electron chi connectivity index (χ1n) is 17.7. The molecular weight excluding hydrogens is 646 g/mol. The fourth-order valence-corrected chi connectivity index (χ4v) is 7.18.